The molecular formula is C23H19ClN4O4S. The summed E-state index contributed by atoms with van der Waals surface area (Å²) in [7, 11) is 1.27. The second kappa shape index (κ2) is 9.43. The number of benzene rings is 2. The summed E-state index contributed by atoms with van der Waals surface area (Å²) in [6.07, 6.45) is 3.18. The summed E-state index contributed by atoms with van der Waals surface area (Å²) in [4.78, 5) is 34.9. The third-order valence-corrected chi connectivity index (χ3v) is 5.76. The number of halogens is 1. The summed E-state index contributed by atoms with van der Waals surface area (Å²) in [5.41, 5.74) is 1.35. The number of hydrogen-bond acceptors (Lipinski definition) is 6. The average Bonchev–Trinajstić information content (AvgIpc) is 3.21. The number of carbonyl (C=O) groups excluding carboxylic acids is 1. The topological polar surface area (TPSA) is 112 Å². The van der Waals surface area contributed by atoms with E-state index in [1.165, 1.54) is 11.7 Å². The Bertz CT molecular complexity index is 1490. The van der Waals surface area contributed by atoms with E-state index in [0.717, 1.165) is 22.7 Å². The van der Waals surface area contributed by atoms with Crippen molar-refractivity contribution in [2.75, 3.05) is 7.11 Å². The van der Waals surface area contributed by atoms with Crippen LogP contribution in [0.4, 0.5) is 0 Å². The molecule has 0 aliphatic carbocycles. The Balaban J connectivity index is 1.75. The maximum atomic E-state index is 12.5. The van der Waals surface area contributed by atoms with Crippen molar-refractivity contribution < 1.29 is 14.6 Å². The van der Waals surface area contributed by atoms with Gasteiger partial charge in [-0.05, 0) is 36.0 Å². The van der Waals surface area contributed by atoms with Gasteiger partial charge in [-0.2, -0.15) is 0 Å². The molecule has 2 heterocycles. The fourth-order valence-electron chi connectivity index (χ4n) is 3.52. The summed E-state index contributed by atoms with van der Waals surface area (Å²) < 4.78 is 6.09. The number of aromatic nitrogens is 3. The van der Waals surface area contributed by atoms with Crippen LogP contribution in [0.25, 0.3) is 16.6 Å². The number of nitrogens with one attached hydrogen (secondary N) is 2. The van der Waals surface area contributed by atoms with E-state index < -0.39 is 23.5 Å². The van der Waals surface area contributed by atoms with Crippen molar-refractivity contribution in [2.45, 2.75) is 12.5 Å². The number of fused-ring (bicyclic) bond motifs is 1. The number of aliphatic imine (C=N–C) groups is 1. The largest absolute Gasteiger partial charge is 0.494 e. The zero-order valence-electron chi connectivity index (χ0n) is 17.4. The molecule has 0 bridgehead atoms. The first-order valence-corrected chi connectivity index (χ1v) is 10.7. The first-order valence-electron chi connectivity index (χ1n) is 9.90. The molecule has 0 aliphatic heterocycles. The molecule has 8 nitrogen and oxygen atoms in total. The Kier molecular flexibility index (Phi) is 6.43. The van der Waals surface area contributed by atoms with Gasteiger partial charge in [-0.15, -0.1) is 0 Å². The number of nitrogens with zero attached hydrogens (tertiary/aromatic N) is 2. The summed E-state index contributed by atoms with van der Waals surface area (Å²) in [6, 6.07) is 13.5. The Labute approximate surface area is 198 Å². The first kappa shape index (κ1) is 22.5. The average molecular weight is 483 g/mol. The van der Waals surface area contributed by atoms with Gasteiger partial charge >= 0.3 is 5.97 Å². The van der Waals surface area contributed by atoms with Gasteiger partial charge in [0.25, 0.3) is 5.56 Å². The van der Waals surface area contributed by atoms with E-state index in [1.807, 2.05) is 24.3 Å². The fraction of sp³-hybridized carbons (Fsp3) is 0.130. The minimum absolute atomic E-state index is 0.0361. The summed E-state index contributed by atoms with van der Waals surface area (Å²) in [5, 5.41) is 12.1. The van der Waals surface area contributed by atoms with E-state index >= 15 is 0 Å². The number of methoxy groups -OCH3 is 1. The van der Waals surface area contributed by atoms with Gasteiger partial charge < -0.3 is 14.8 Å². The van der Waals surface area contributed by atoms with Crippen molar-refractivity contribution in [1.29, 1.82) is 0 Å². The van der Waals surface area contributed by atoms with Crippen molar-refractivity contribution in [1.82, 2.24) is 14.5 Å². The molecule has 1 atom stereocenters. The zero-order chi connectivity index (χ0) is 23.5. The molecule has 0 amide bonds. The van der Waals surface area contributed by atoms with Crippen LogP contribution in [-0.2, 0) is 16.0 Å². The number of ether oxygens (including phenoxy) is 1. The van der Waals surface area contributed by atoms with Gasteiger partial charge in [0.15, 0.2) is 10.8 Å². The SMILES string of the molecule is COC(=O)C(Cc1c[nH]c2ccccc12)N=Cc1c(O)n(-c2ccccc2Cl)c(=S)[nH]c1=O. The monoisotopic (exact) mass is 482 g/mol. The number of rotatable bonds is 6. The van der Waals surface area contributed by atoms with Gasteiger partial charge in [0.05, 0.1) is 17.8 Å². The van der Waals surface area contributed by atoms with Crippen LogP contribution in [-0.4, -0.2) is 45.0 Å². The molecule has 3 N–H and O–H groups in total. The lowest BCUT2D eigenvalue weighted by Crippen LogP contribution is -2.24. The van der Waals surface area contributed by atoms with E-state index in [-0.39, 0.29) is 16.8 Å². The van der Waals surface area contributed by atoms with Gasteiger partial charge in [0.1, 0.15) is 5.56 Å². The highest BCUT2D eigenvalue weighted by Crippen LogP contribution is 2.25. The van der Waals surface area contributed by atoms with Crippen LogP contribution in [0.3, 0.4) is 0 Å². The van der Waals surface area contributed by atoms with Crippen LogP contribution >= 0.6 is 23.8 Å². The van der Waals surface area contributed by atoms with Crippen molar-refractivity contribution in [3.05, 3.63) is 86.0 Å². The molecule has 1 unspecified atom stereocenters. The molecule has 4 rings (SSSR count). The molecule has 4 aromatic rings. The van der Waals surface area contributed by atoms with Crippen LogP contribution in [0.5, 0.6) is 5.88 Å². The van der Waals surface area contributed by atoms with Crippen molar-refractivity contribution >= 4 is 46.9 Å². The highest BCUT2D eigenvalue weighted by molar-refractivity contribution is 7.71. The molecule has 33 heavy (non-hydrogen) atoms. The van der Waals surface area contributed by atoms with E-state index in [2.05, 4.69) is 15.0 Å². The van der Waals surface area contributed by atoms with Gasteiger partial charge in [-0.25, -0.2) is 4.79 Å². The molecular weight excluding hydrogens is 464 g/mol. The van der Waals surface area contributed by atoms with E-state index in [0.29, 0.717) is 10.7 Å². The van der Waals surface area contributed by atoms with Crippen LogP contribution in [0.1, 0.15) is 11.1 Å². The van der Waals surface area contributed by atoms with Gasteiger partial charge in [-0.1, -0.05) is 41.9 Å². The van der Waals surface area contributed by atoms with Crippen LogP contribution < -0.4 is 5.56 Å². The Hall–Kier alpha value is -3.69. The Morgan fingerprint density at radius 3 is 2.76 bits per heavy atom. The Morgan fingerprint density at radius 2 is 2.00 bits per heavy atom. The van der Waals surface area contributed by atoms with E-state index in [4.69, 9.17) is 28.6 Å². The lowest BCUT2D eigenvalue weighted by molar-refractivity contribution is -0.142. The number of aromatic amines is 2. The molecule has 168 valence electrons. The summed E-state index contributed by atoms with van der Waals surface area (Å²) >= 11 is 11.5. The second-order valence-electron chi connectivity index (χ2n) is 7.16. The number of hydrogen-bond donors (Lipinski definition) is 3. The predicted octanol–water partition coefficient (Wildman–Crippen LogP) is 3.94. The fourth-order valence-corrected chi connectivity index (χ4v) is 4.02. The van der Waals surface area contributed by atoms with E-state index in [1.54, 1.807) is 30.5 Å². The molecule has 2 aromatic carbocycles. The maximum absolute atomic E-state index is 12.5. The summed E-state index contributed by atoms with van der Waals surface area (Å²) in [5.74, 6) is -1.03. The predicted molar refractivity (Wildman–Crippen MR) is 129 cm³/mol. The number of carbonyl (C=O) groups is 1. The number of esters is 1. The number of para-hydroxylation sites is 2. The molecule has 10 heteroatoms. The smallest absolute Gasteiger partial charge is 0.330 e. The molecule has 0 saturated heterocycles. The molecule has 0 aliphatic rings. The highest BCUT2D eigenvalue weighted by Gasteiger charge is 2.21. The molecule has 0 radical (unpaired) electrons. The maximum Gasteiger partial charge on any atom is 0.330 e. The minimum atomic E-state index is -0.940. The number of aromatic hydroxyl groups is 1. The van der Waals surface area contributed by atoms with Crippen molar-refractivity contribution in [3.8, 4) is 11.6 Å². The van der Waals surface area contributed by atoms with E-state index in [9.17, 15) is 14.7 Å². The third kappa shape index (κ3) is 4.46. The van der Waals surface area contributed by atoms with Crippen molar-refractivity contribution in [3.63, 3.8) is 0 Å². The quantitative estimate of drug-likeness (QED) is 0.219. The lowest BCUT2D eigenvalue weighted by atomic mass is 10.1. The van der Waals surface area contributed by atoms with Crippen LogP contribution in [0.2, 0.25) is 5.02 Å². The second-order valence-corrected chi connectivity index (χ2v) is 7.96. The summed E-state index contributed by atoms with van der Waals surface area (Å²) in [6.45, 7) is 0. The molecule has 0 spiro atoms. The molecule has 2 aromatic heterocycles. The Morgan fingerprint density at radius 1 is 1.27 bits per heavy atom. The first-order chi connectivity index (χ1) is 15.9. The van der Waals surface area contributed by atoms with Crippen LogP contribution in [0, 0.1) is 4.77 Å². The third-order valence-electron chi connectivity index (χ3n) is 5.16. The van der Waals surface area contributed by atoms with Gasteiger partial charge in [0.2, 0.25) is 5.88 Å². The lowest BCUT2D eigenvalue weighted by Gasteiger charge is -2.13. The molecule has 0 saturated carbocycles. The van der Waals surface area contributed by atoms with Crippen LogP contribution in [0.15, 0.2) is 64.5 Å². The standard InChI is InChI=1S/C23H19ClN4O4S/c1-32-22(31)18(10-13-11-25-17-8-4-2-6-14(13)17)26-12-15-20(29)27-23(33)28(21(15)30)19-9-5-3-7-16(19)24/h2-9,11-12,18,25,30H,10H2,1H3,(H,27,29,33). The zero-order valence-corrected chi connectivity index (χ0v) is 19.0. The number of H-pyrrole nitrogens is 2. The highest BCUT2D eigenvalue weighted by atomic mass is 35.5. The molecule has 0 fully saturated rings. The van der Waals surface area contributed by atoms with Gasteiger partial charge in [0, 0.05) is 29.7 Å². The van der Waals surface area contributed by atoms with Crippen molar-refractivity contribution in [2.24, 2.45) is 4.99 Å². The minimum Gasteiger partial charge on any atom is -0.494 e. The normalized spacial score (nSPS) is 12.3. The van der Waals surface area contributed by atoms with Gasteiger partial charge in [-0.3, -0.25) is 19.3 Å².